The summed E-state index contributed by atoms with van der Waals surface area (Å²) in [6.07, 6.45) is 0. The summed E-state index contributed by atoms with van der Waals surface area (Å²) in [5.41, 5.74) is 11.8. The van der Waals surface area contributed by atoms with Crippen LogP contribution in [0.3, 0.4) is 0 Å². The molecule has 0 bridgehead atoms. The summed E-state index contributed by atoms with van der Waals surface area (Å²) in [5.74, 6) is 0. The molecule has 2 rings (SSSR count). The van der Waals surface area contributed by atoms with Crippen LogP contribution in [0.15, 0.2) is 24.3 Å². The van der Waals surface area contributed by atoms with Crippen LogP contribution < -0.4 is 5.73 Å². The Morgan fingerprint density at radius 3 is 2.29 bits per heavy atom. The number of hydrogen-bond acceptors (Lipinski definition) is 2. The Kier molecular flexibility index (Phi) is 3.29. The van der Waals surface area contributed by atoms with E-state index in [2.05, 4.69) is 35.8 Å². The van der Waals surface area contributed by atoms with Crippen molar-refractivity contribution in [2.45, 2.75) is 33.9 Å². The third-order valence-corrected chi connectivity index (χ3v) is 3.40. The molecule has 2 aromatic rings. The van der Waals surface area contributed by atoms with E-state index in [0.29, 0.717) is 6.54 Å². The molecule has 0 amide bonds. The predicted octanol–water partition coefficient (Wildman–Crippen LogP) is 2.32. The number of aromatic nitrogens is 2. The van der Waals surface area contributed by atoms with Crippen molar-refractivity contribution in [1.82, 2.24) is 9.78 Å². The molecule has 90 valence electrons. The van der Waals surface area contributed by atoms with E-state index in [1.165, 1.54) is 22.4 Å². The van der Waals surface area contributed by atoms with E-state index in [1.54, 1.807) is 0 Å². The van der Waals surface area contributed by atoms with Crippen LogP contribution >= 0.6 is 0 Å². The van der Waals surface area contributed by atoms with Gasteiger partial charge in [0, 0.05) is 12.2 Å². The standard InChI is InChI=1S/C14H19N3/c1-10-11(2)16-17(12(10)3)9-14-7-5-4-6-13(14)8-15/h4-7H,8-9,15H2,1-3H3. The third-order valence-electron chi connectivity index (χ3n) is 3.40. The molecule has 1 aromatic carbocycles. The molecule has 0 saturated heterocycles. The van der Waals surface area contributed by atoms with Gasteiger partial charge in [0.2, 0.25) is 0 Å². The number of nitrogens with two attached hydrogens (primary N) is 1. The molecule has 1 heterocycles. The van der Waals surface area contributed by atoms with E-state index in [0.717, 1.165) is 12.2 Å². The summed E-state index contributed by atoms with van der Waals surface area (Å²) in [4.78, 5) is 0. The fourth-order valence-corrected chi connectivity index (χ4v) is 2.01. The van der Waals surface area contributed by atoms with Crippen molar-refractivity contribution in [2.75, 3.05) is 0 Å². The summed E-state index contributed by atoms with van der Waals surface area (Å²) < 4.78 is 2.05. The molecule has 2 N–H and O–H groups in total. The van der Waals surface area contributed by atoms with Crippen LogP contribution in [-0.2, 0) is 13.1 Å². The smallest absolute Gasteiger partial charge is 0.0665 e. The topological polar surface area (TPSA) is 43.8 Å². The second-order valence-corrected chi connectivity index (χ2v) is 4.43. The highest BCUT2D eigenvalue weighted by molar-refractivity contribution is 5.29. The van der Waals surface area contributed by atoms with E-state index >= 15 is 0 Å². The minimum absolute atomic E-state index is 0.578. The molecule has 0 spiro atoms. The second kappa shape index (κ2) is 4.72. The van der Waals surface area contributed by atoms with Gasteiger partial charge in [-0.05, 0) is 37.5 Å². The van der Waals surface area contributed by atoms with Gasteiger partial charge < -0.3 is 5.73 Å². The van der Waals surface area contributed by atoms with Gasteiger partial charge >= 0.3 is 0 Å². The Morgan fingerprint density at radius 2 is 1.76 bits per heavy atom. The average molecular weight is 229 g/mol. The van der Waals surface area contributed by atoms with Crippen LogP contribution in [0.2, 0.25) is 0 Å². The fraction of sp³-hybridized carbons (Fsp3) is 0.357. The SMILES string of the molecule is Cc1nn(Cc2ccccc2CN)c(C)c1C. The quantitative estimate of drug-likeness (QED) is 0.877. The van der Waals surface area contributed by atoms with Gasteiger partial charge in [-0.2, -0.15) is 5.10 Å². The van der Waals surface area contributed by atoms with Gasteiger partial charge in [0.1, 0.15) is 0 Å². The number of nitrogens with zero attached hydrogens (tertiary/aromatic N) is 2. The van der Waals surface area contributed by atoms with Crippen LogP contribution in [-0.4, -0.2) is 9.78 Å². The van der Waals surface area contributed by atoms with E-state index in [9.17, 15) is 0 Å². The zero-order chi connectivity index (χ0) is 12.4. The Hall–Kier alpha value is -1.61. The molecule has 17 heavy (non-hydrogen) atoms. The zero-order valence-corrected chi connectivity index (χ0v) is 10.7. The average Bonchev–Trinajstić information content (AvgIpc) is 2.58. The van der Waals surface area contributed by atoms with E-state index in [-0.39, 0.29) is 0 Å². The molecule has 1 aromatic heterocycles. The summed E-state index contributed by atoms with van der Waals surface area (Å²) in [7, 11) is 0. The molecule has 0 atom stereocenters. The first-order valence-electron chi connectivity index (χ1n) is 5.91. The van der Waals surface area contributed by atoms with Crippen molar-refractivity contribution in [3.63, 3.8) is 0 Å². The molecule has 0 aliphatic heterocycles. The van der Waals surface area contributed by atoms with Gasteiger partial charge in [-0.25, -0.2) is 0 Å². The maximum atomic E-state index is 5.75. The van der Waals surface area contributed by atoms with Crippen molar-refractivity contribution in [1.29, 1.82) is 0 Å². The van der Waals surface area contributed by atoms with Gasteiger partial charge in [-0.1, -0.05) is 24.3 Å². The second-order valence-electron chi connectivity index (χ2n) is 4.43. The molecule has 3 heteroatoms. The van der Waals surface area contributed by atoms with Crippen LogP contribution in [0.1, 0.15) is 28.1 Å². The molecular weight excluding hydrogens is 210 g/mol. The van der Waals surface area contributed by atoms with Gasteiger partial charge in [0.15, 0.2) is 0 Å². The lowest BCUT2D eigenvalue weighted by Gasteiger charge is -2.09. The lowest BCUT2D eigenvalue weighted by Crippen LogP contribution is -2.08. The van der Waals surface area contributed by atoms with Gasteiger partial charge in [0.25, 0.3) is 0 Å². The van der Waals surface area contributed by atoms with Crippen molar-refractivity contribution < 1.29 is 0 Å². The Bertz CT molecular complexity index is 526. The largest absolute Gasteiger partial charge is 0.326 e. The molecular formula is C14H19N3. The lowest BCUT2D eigenvalue weighted by molar-refractivity contribution is 0.654. The molecule has 0 aliphatic carbocycles. The summed E-state index contributed by atoms with van der Waals surface area (Å²) >= 11 is 0. The highest BCUT2D eigenvalue weighted by Crippen LogP contribution is 2.15. The first-order valence-corrected chi connectivity index (χ1v) is 5.91. The van der Waals surface area contributed by atoms with E-state index in [4.69, 9.17) is 5.73 Å². The molecule has 0 unspecified atom stereocenters. The molecule has 3 nitrogen and oxygen atoms in total. The van der Waals surface area contributed by atoms with Crippen molar-refractivity contribution in [3.8, 4) is 0 Å². The lowest BCUT2D eigenvalue weighted by atomic mass is 10.1. The number of rotatable bonds is 3. The molecule has 0 radical (unpaired) electrons. The number of aryl methyl sites for hydroxylation is 1. The maximum Gasteiger partial charge on any atom is 0.0665 e. The third kappa shape index (κ3) is 2.24. The normalized spacial score (nSPS) is 10.8. The van der Waals surface area contributed by atoms with Crippen LogP contribution in [0.4, 0.5) is 0 Å². The summed E-state index contributed by atoms with van der Waals surface area (Å²) in [5, 5.41) is 4.56. The summed E-state index contributed by atoms with van der Waals surface area (Å²) in [6, 6.07) is 8.27. The van der Waals surface area contributed by atoms with Gasteiger partial charge in [-0.15, -0.1) is 0 Å². The Balaban J connectivity index is 2.34. The summed E-state index contributed by atoms with van der Waals surface area (Å²) in [6.45, 7) is 7.65. The van der Waals surface area contributed by atoms with Crippen LogP contribution in [0.5, 0.6) is 0 Å². The number of hydrogen-bond donors (Lipinski definition) is 1. The first kappa shape index (κ1) is 11.9. The monoisotopic (exact) mass is 229 g/mol. The molecule has 0 aliphatic rings. The number of benzene rings is 1. The van der Waals surface area contributed by atoms with Gasteiger partial charge in [-0.3, -0.25) is 4.68 Å². The van der Waals surface area contributed by atoms with Crippen molar-refractivity contribution in [3.05, 3.63) is 52.3 Å². The zero-order valence-electron chi connectivity index (χ0n) is 10.7. The van der Waals surface area contributed by atoms with Crippen molar-refractivity contribution in [2.24, 2.45) is 5.73 Å². The Labute approximate surface area is 102 Å². The first-order chi connectivity index (χ1) is 8.13. The molecule has 0 fully saturated rings. The van der Waals surface area contributed by atoms with E-state index < -0.39 is 0 Å². The van der Waals surface area contributed by atoms with E-state index in [1.807, 2.05) is 19.1 Å². The fourth-order valence-electron chi connectivity index (χ4n) is 2.01. The Morgan fingerprint density at radius 1 is 1.12 bits per heavy atom. The predicted molar refractivity (Wildman–Crippen MR) is 69.9 cm³/mol. The van der Waals surface area contributed by atoms with Gasteiger partial charge in [0.05, 0.1) is 12.2 Å². The molecule has 0 saturated carbocycles. The minimum atomic E-state index is 0.578. The maximum absolute atomic E-state index is 5.75. The highest BCUT2D eigenvalue weighted by Gasteiger charge is 2.08. The van der Waals surface area contributed by atoms with Crippen molar-refractivity contribution >= 4 is 0 Å². The van der Waals surface area contributed by atoms with Crippen LogP contribution in [0, 0.1) is 20.8 Å². The highest BCUT2D eigenvalue weighted by atomic mass is 15.3. The van der Waals surface area contributed by atoms with Crippen LogP contribution in [0.25, 0.3) is 0 Å². The minimum Gasteiger partial charge on any atom is -0.326 e.